The number of hydrogen-bond acceptors (Lipinski definition) is 4. The molecule has 1 aliphatic rings. The van der Waals surface area contributed by atoms with E-state index in [0.29, 0.717) is 27.6 Å². The Labute approximate surface area is 163 Å². The van der Waals surface area contributed by atoms with Crippen LogP contribution in [-0.4, -0.2) is 34.9 Å². The summed E-state index contributed by atoms with van der Waals surface area (Å²) in [7, 11) is 0. The third kappa shape index (κ3) is 3.64. The molecule has 1 N–H and O–H groups in total. The fourth-order valence-electron chi connectivity index (χ4n) is 3.25. The first-order valence-electron chi connectivity index (χ1n) is 8.89. The number of benzene rings is 1. The molecular formula is C19H18F3N3O2S. The van der Waals surface area contributed by atoms with Crippen LogP contribution >= 0.6 is 11.3 Å². The third-order valence-electron chi connectivity index (χ3n) is 4.70. The predicted octanol–water partition coefficient (Wildman–Crippen LogP) is 4.32. The maximum atomic E-state index is 13.0. The van der Waals surface area contributed by atoms with Gasteiger partial charge in [-0.05, 0) is 44.0 Å². The minimum absolute atomic E-state index is 0.0423. The molecule has 1 amide bonds. The lowest BCUT2D eigenvalue weighted by Crippen LogP contribution is -2.31. The van der Waals surface area contributed by atoms with Gasteiger partial charge < -0.3 is 10.1 Å². The fourth-order valence-corrected chi connectivity index (χ4v) is 4.35. The number of fused-ring (bicyclic) bond motifs is 1. The first-order chi connectivity index (χ1) is 13.3. The lowest BCUT2D eigenvalue weighted by atomic mass is 10.2. The molecule has 1 aliphatic heterocycles. The van der Waals surface area contributed by atoms with Gasteiger partial charge in [0.15, 0.2) is 0 Å². The van der Waals surface area contributed by atoms with Gasteiger partial charge in [-0.15, -0.1) is 11.3 Å². The standard InChI is InChI=1S/C19H18F3N3O2S/c1-11-15-9-16(17(26)23-10-14-6-3-7-27-14)28-18(15)25(24-11)13-5-2-4-12(8-13)19(20,21)22/h2,4-5,8-9,14H,3,6-7,10H2,1H3,(H,23,26). The maximum Gasteiger partial charge on any atom is 0.416 e. The minimum Gasteiger partial charge on any atom is -0.376 e. The molecule has 28 heavy (non-hydrogen) atoms. The van der Waals surface area contributed by atoms with Gasteiger partial charge in [0.1, 0.15) is 4.83 Å². The van der Waals surface area contributed by atoms with Crippen molar-refractivity contribution in [1.29, 1.82) is 0 Å². The number of hydrogen-bond donors (Lipinski definition) is 1. The van der Waals surface area contributed by atoms with E-state index >= 15 is 0 Å². The zero-order chi connectivity index (χ0) is 19.9. The van der Waals surface area contributed by atoms with Crippen LogP contribution in [0.2, 0.25) is 0 Å². The minimum atomic E-state index is -4.43. The number of aromatic nitrogens is 2. The van der Waals surface area contributed by atoms with Crippen LogP contribution in [0, 0.1) is 6.92 Å². The van der Waals surface area contributed by atoms with Crippen LogP contribution in [0.4, 0.5) is 13.2 Å². The number of amides is 1. The van der Waals surface area contributed by atoms with Crippen LogP contribution in [0.5, 0.6) is 0 Å². The van der Waals surface area contributed by atoms with E-state index in [1.807, 2.05) is 0 Å². The van der Waals surface area contributed by atoms with Crippen molar-refractivity contribution in [3.63, 3.8) is 0 Å². The molecule has 1 atom stereocenters. The summed E-state index contributed by atoms with van der Waals surface area (Å²) in [5, 5.41) is 7.98. The quantitative estimate of drug-likeness (QED) is 0.698. The van der Waals surface area contributed by atoms with Crippen molar-refractivity contribution in [3.05, 3.63) is 46.5 Å². The number of ether oxygens (including phenoxy) is 1. The summed E-state index contributed by atoms with van der Waals surface area (Å²) in [6.45, 7) is 2.94. The first-order valence-corrected chi connectivity index (χ1v) is 9.71. The van der Waals surface area contributed by atoms with Crippen LogP contribution in [0.25, 0.3) is 15.9 Å². The highest BCUT2D eigenvalue weighted by molar-refractivity contribution is 7.20. The van der Waals surface area contributed by atoms with Gasteiger partial charge in [0.05, 0.1) is 27.9 Å². The number of carbonyl (C=O) groups is 1. The summed E-state index contributed by atoms with van der Waals surface area (Å²) in [6.07, 6.45) is -2.47. The van der Waals surface area contributed by atoms with Crippen LogP contribution < -0.4 is 5.32 Å². The lowest BCUT2D eigenvalue weighted by molar-refractivity contribution is -0.137. The van der Waals surface area contributed by atoms with E-state index < -0.39 is 11.7 Å². The van der Waals surface area contributed by atoms with E-state index in [0.717, 1.165) is 37.0 Å². The first kappa shape index (κ1) is 18.9. The van der Waals surface area contributed by atoms with Crippen LogP contribution in [0.15, 0.2) is 30.3 Å². The highest BCUT2D eigenvalue weighted by Crippen LogP contribution is 2.33. The Morgan fingerprint density at radius 1 is 1.39 bits per heavy atom. The second kappa shape index (κ2) is 7.21. The van der Waals surface area contributed by atoms with Gasteiger partial charge in [-0.25, -0.2) is 4.68 Å². The van der Waals surface area contributed by atoms with Crippen molar-refractivity contribution in [2.75, 3.05) is 13.2 Å². The van der Waals surface area contributed by atoms with E-state index in [9.17, 15) is 18.0 Å². The topological polar surface area (TPSA) is 56.2 Å². The smallest absolute Gasteiger partial charge is 0.376 e. The Hall–Kier alpha value is -2.39. The highest BCUT2D eigenvalue weighted by Gasteiger charge is 2.31. The fraction of sp³-hybridized carbons (Fsp3) is 0.368. The number of carbonyl (C=O) groups excluding carboxylic acids is 1. The molecule has 3 heterocycles. The third-order valence-corrected chi connectivity index (χ3v) is 5.81. The number of aryl methyl sites for hydroxylation is 1. The van der Waals surface area contributed by atoms with Gasteiger partial charge in [0.25, 0.3) is 5.91 Å². The summed E-state index contributed by atoms with van der Waals surface area (Å²) in [4.78, 5) is 13.6. The zero-order valence-corrected chi connectivity index (χ0v) is 15.9. The van der Waals surface area contributed by atoms with Crippen LogP contribution in [0.3, 0.4) is 0 Å². The monoisotopic (exact) mass is 409 g/mol. The van der Waals surface area contributed by atoms with Crippen molar-refractivity contribution >= 4 is 27.5 Å². The van der Waals surface area contributed by atoms with E-state index in [-0.39, 0.29) is 12.0 Å². The summed E-state index contributed by atoms with van der Waals surface area (Å²) in [5.74, 6) is -0.216. The zero-order valence-electron chi connectivity index (χ0n) is 15.0. The van der Waals surface area contributed by atoms with Crippen molar-refractivity contribution in [1.82, 2.24) is 15.1 Å². The Kier molecular flexibility index (Phi) is 4.88. The molecule has 3 aromatic rings. The normalized spacial score (nSPS) is 17.4. The molecule has 1 saturated heterocycles. The van der Waals surface area contributed by atoms with E-state index in [4.69, 9.17) is 4.74 Å². The molecule has 4 rings (SSSR count). The van der Waals surface area contributed by atoms with Gasteiger partial charge in [-0.2, -0.15) is 18.3 Å². The molecule has 1 aromatic carbocycles. The van der Waals surface area contributed by atoms with Gasteiger partial charge in [0, 0.05) is 18.5 Å². The molecule has 9 heteroatoms. The number of rotatable bonds is 4. The molecule has 0 radical (unpaired) electrons. The number of thiophene rings is 1. The Bertz CT molecular complexity index is 1020. The number of nitrogens with one attached hydrogen (secondary N) is 1. The van der Waals surface area contributed by atoms with Gasteiger partial charge in [-0.1, -0.05) is 6.07 Å². The molecule has 0 bridgehead atoms. The molecule has 5 nitrogen and oxygen atoms in total. The Morgan fingerprint density at radius 3 is 2.93 bits per heavy atom. The van der Waals surface area contributed by atoms with Crippen molar-refractivity contribution in [2.45, 2.75) is 32.0 Å². The molecule has 148 valence electrons. The number of nitrogens with zero attached hydrogens (tertiary/aromatic N) is 2. The summed E-state index contributed by atoms with van der Waals surface area (Å²) < 4.78 is 46.1. The second-order valence-corrected chi connectivity index (χ2v) is 7.75. The number of halogens is 3. The van der Waals surface area contributed by atoms with Crippen LogP contribution in [0.1, 0.15) is 33.8 Å². The molecule has 0 aliphatic carbocycles. The SMILES string of the molecule is Cc1nn(-c2cccc(C(F)(F)F)c2)c2sc(C(=O)NCC3CCCO3)cc12. The summed E-state index contributed by atoms with van der Waals surface area (Å²) in [6, 6.07) is 6.73. The average Bonchev–Trinajstić information content (AvgIpc) is 3.37. The molecule has 0 spiro atoms. The van der Waals surface area contributed by atoms with Gasteiger partial charge in [-0.3, -0.25) is 4.79 Å². The Balaban J connectivity index is 1.63. The molecule has 1 fully saturated rings. The molecule has 2 aromatic heterocycles. The maximum absolute atomic E-state index is 13.0. The molecular weight excluding hydrogens is 391 g/mol. The molecule has 1 unspecified atom stereocenters. The van der Waals surface area contributed by atoms with Gasteiger partial charge >= 0.3 is 6.18 Å². The van der Waals surface area contributed by atoms with Gasteiger partial charge in [0.2, 0.25) is 0 Å². The lowest BCUT2D eigenvalue weighted by Gasteiger charge is -2.10. The summed E-state index contributed by atoms with van der Waals surface area (Å²) >= 11 is 1.21. The largest absolute Gasteiger partial charge is 0.416 e. The van der Waals surface area contributed by atoms with E-state index in [2.05, 4.69) is 10.4 Å². The Morgan fingerprint density at radius 2 is 2.21 bits per heavy atom. The highest BCUT2D eigenvalue weighted by atomic mass is 32.1. The van der Waals surface area contributed by atoms with Crippen LogP contribution in [-0.2, 0) is 10.9 Å². The average molecular weight is 409 g/mol. The van der Waals surface area contributed by atoms with Crippen molar-refractivity contribution < 1.29 is 22.7 Å². The van der Waals surface area contributed by atoms with Crippen molar-refractivity contribution in [2.24, 2.45) is 0 Å². The number of alkyl halides is 3. The van der Waals surface area contributed by atoms with E-state index in [1.54, 1.807) is 19.1 Å². The second-order valence-electron chi connectivity index (χ2n) is 6.72. The summed E-state index contributed by atoms with van der Waals surface area (Å²) in [5.41, 5.74) is 0.223. The predicted molar refractivity (Wildman–Crippen MR) is 100.0 cm³/mol. The molecule has 0 saturated carbocycles. The van der Waals surface area contributed by atoms with E-state index in [1.165, 1.54) is 22.1 Å². The van der Waals surface area contributed by atoms with Crippen molar-refractivity contribution in [3.8, 4) is 5.69 Å².